The lowest BCUT2D eigenvalue weighted by atomic mass is 9.88. The van der Waals surface area contributed by atoms with Crippen molar-refractivity contribution in [3.63, 3.8) is 0 Å². The van der Waals surface area contributed by atoms with E-state index in [1.54, 1.807) is 0 Å². The highest BCUT2D eigenvalue weighted by Gasteiger charge is 2.51. The van der Waals surface area contributed by atoms with Crippen LogP contribution in [0, 0.1) is 5.92 Å². The predicted octanol–water partition coefficient (Wildman–Crippen LogP) is 1.01. The molecule has 0 aromatic rings. The molecule has 3 aliphatic rings. The molecule has 1 saturated carbocycles. The number of aliphatic hydroxyl groups is 1. The molecule has 0 aromatic carbocycles. The van der Waals surface area contributed by atoms with Gasteiger partial charge in [0.25, 0.3) is 0 Å². The number of nitrogens with zero attached hydrogens (tertiary/aromatic N) is 1. The van der Waals surface area contributed by atoms with Crippen molar-refractivity contribution in [2.75, 3.05) is 26.2 Å². The quantitative estimate of drug-likeness (QED) is 0.756. The largest absolute Gasteiger partial charge is 0.387 e. The van der Waals surface area contributed by atoms with E-state index >= 15 is 0 Å². The van der Waals surface area contributed by atoms with E-state index in [2.05, 4.69) is 4.90 Å². The predicted molar refractivity (Wildman–Crippen MR) is 57.7 cm³/mol. The minimum Gasteiger partial charge on any atom is -0.387 e. The van der Waals surface area contributed by atoms with Crippen LogP contribution in [0.15, 0.2) is 0 Å². The standard InChI is InChI=1S/C12H21NO2/c14-12(10-4-5-10)8-13(9-12)7-11-3-1-2-6-15-11/h10-11,14H,1-9H2. The second kappa shape index (κ2) is 3.72. The van der Waals surface area contributed by atoms with Crippen LogP contribution in [0.25, 0.3) is 0 Å². The Morgan fingerprint density at radius 2 is 2.00 bits per heavy atom. The van der Waals surface area contributed by atoms with Crippen molar-refractivity contribution in [3.05, 3.63) is 0 Å². The van der Waals surface area contributed by atoms with Gasteiger partial charge >= 0.3 is 0 Å². The van der Waals surface area contributed by atoms with Gasteiger partial charge in [-0.1, -0.05) is 0 Å². The number of ether oxygens (including phenoxy) is 1. The Bertz CT molecular complexity index is 228. The summed E-state index contributed by atoms with van der Waals surface area (Å²) in [6, 6.07) is 0. The molecule has 15 heavy (non-hydrogen) atoms. The highest BCUT2D eigenvalue weighted by molar-refractivity contribution is 5.05. The number of likely N-dealkylation sites (tertiary alicyclic amines) is 1. The van der Waals surface area contributed by atoms with Crippen LogP contribution in [0.1, 0.15) is 32.1 Å². The summed E-state index contributed by atoms with van der Waals surface area (Å²) in [6.45, 7) is 3.75. The number of hydrogen-bond donors (Lipinski definition) is 1. The molecule has 86 valence electrons. The lowest BCUT2D eigenvalue weighted by molar-refractivity contribution is -0.130. The Morgan fingerprint density at radius 3 is 2.60 bits per heavy atom. The van der Waals surface area contributed by atoms with Crippen LogP contribution in [0.4, 0.5) is 0 Å². The van der Waals surface area contributed by atoms with E-state index in [0.717, 1.165) is 26.2 Å². The van der Waals surface area contributed by atoms with Crippen molar-refractivity contribution in [1.82, 2.24) is 4.90 Å². The van der Waals surface area contributed by atoms with Crippen molar-refractivity contribution in [2.45, 2.75) is 43.8 Å². The minimum atomic E-state index is -0.325. The summed E-state index contributed by atoms with van der Waals surface area (Å²) < 4.78 is 5.71. The van der Waals surface area contributed by atoms with E-state index in [-0.39, 0.29) is 5.60 Å². The fourth-order valence-corrected chi connectivity index (χ4v) is 2.98. The maximum Gasteiger partial charge on any atom is 0.0928 e. The molecule has 0 aromatic heterocycles. The van der Waals surface area contributed by atoms with Crippen molar-refractivity contribution in [1.29, 1.82) is 0 Å². The molecule has 0 bridgehead atoms. The maximum absolute atomic E-state index is 10.2. The summed E-state index contributed by atoms with van der Waals surface area (Å²) in [4.78, 5) is 2.36. The minimum absolute atomic E-state index is 0.325. The normalized spacial score (nSPS) is 36.2. The lowest BCUT2D eigenvalue weighted by Gasteiger charge is -2.48. The van der Waals surface area contributed by atoms with E-state index in [4.69, 9.17) is 4.74 Å². The van der Waals surface area contributed by atoms with Gasteiger partial charge in [0, 0.05) is 26.2 Å². The molecular weight excluding hydrogens is 190 g/mol. The number of hydrogen-bond acceptors (Lipinski definition) is 3. The van der Waals surface area contributed by atoms with Crippen molar-refractivity contribution < 1.29 is 9.84 Å². The summed E-state index contributed by atoms with van der Waals surface area (Å²) in [5, 5.41) is 10.2. The SMILES string of the molecule is OC1(C2CC2)CN(CC2CCCCO2)C1. The van der Waals surface area contributed by atoms with Crippen molar-refractivity contribution in [2.24, 2.45) is 5.92 Å². The van der Waals surface area contributed by atoms with Crippen LogP contribution in [0.5, 0.6) is 0 Å². The Hall–Kier alpha value is -0.120. The third-order valence-electron chi connectivity index (χ3n) is 4.07. The molecule has 1 unspecified atom stereocenters. The summed E-state index contributed by atoms with van der Waals surface area (Å²) in [5.41, 5.74) is -0.325. The first kappa shape index (κ1) is 10.1. The molecule has 1 atom stereocenters. The average molecular weight is 211 g/mol. The molecule has 2 heterocycles. The van der Waals surface area contributed by atoms with Gasteiger partial charge in [-0.05, 0) is 38.0 Å². The van der Waals surface area contributed by atoms with Crippen LogP contribution in [-0.4, -0.2) is 48.0 Å². The summed E-state index contributed by atoms with van der Waals surface area (Å²) in [6.07, 6.45) is 6.66. The second-order valence-corrected chi connectivity index (χ2v) is 5.54. The highest BCUT2D eigenvalue weighted by atomic mass is 16.5. The topological polar surface area (TPSA) is 32.7 Å². The molecule has 1 N–H and O–H groups in total. The highest BCUT2D eigenvalue weighted by Crippen LogP contribution is 2.44. The first-order chi connectivity index (χ1) is 7.26. The van der Waals surface area contributed by atoms with Gasteiger partial charge in [0.1, 0.15) is 0 Å². The first-order valence-corrected chi connectivity index (χ1v) is 6.33. The van der Waals surface area contributed by atoms with Crippen molar-refractivity contribution in [3.8, 4) is 0 Å². The first-order valence-electron chi connectivity index (χ1n) is 6.33. The van der Waals surface area contributed by atoms with Crippen LogP contribution >= 0.6 is 0 Å². The van der Waals surface area contributed by atoms with Gasteiger partial charge < -0.3 is 9.84 Å². The zero-order valence-corrected chi connectivity index (χ0v) is 9.32. The monoisotopic (exact) mass is 211 g/mol. The van der Waals surface area contributed by atoms with Gasteiger partial charge in [-0.3, -0.25) is 4.90 Å². The molecule has 3 fully saturated rings. The smallest absolute Gasteiger partial charge is 0.0928 e. The zero-order valence-electron chi connectivity index (χ0n) is 9.32. The molecule has 0 amide bonds. The van der Waals surface area contributed by atoms with Gasteiger partial charge in [0.05, 0.1) is 11.7 Å². The second-order valence-electron chi connectivity index (χ2n) is 5.54. The van der Waals surface area contributed by atoms with Gasteiger partial charge in [0.15, 0.2) is 0 Å². The molecule has 3 nitrogen and oxygen atoms in total. The third kappa shape index (κ3) is 2.05. The summed E-state index contributed by atoms with van der Waals surface area (Å²) >= 11 is 0. The summed E-state index contributed by atoms with van der Waals surface area (Å²) in [7, 11) is 0. The molecule has 3 rings (SSSR count). The Labute approximate surface area is 91.4 Å². The molecule has 3 heteroatoms. The van der Waals surface area contributed by atoms with Gasteiger partial charge in [-0.15, -0.1) is 0 Å². The molecular formula is C12H21NO2. The molecule has 2 saturated heterocycles. The van der Waals surface area contributed by atoms with E-state index < -0.39 is 0 Å². The molecule has 2 aliphatic heterocycles. The lowest BCUT2D eigenvalue weighted by Crippen LogP contribution is -2.64. The molecule has 1 aliphatic carbocycles. The average Bonchev–Trinajstić information content (AvgIpc) is 3.00. The van der Waals surface area contributed by atoms with Gasteiger partial charge in [-0.2, -0.15) is 0 Å². The Kier molecular flexibility index (Phi) is 2.49. The zero-order chi connectivity index (χ0) is 10.3. The fraction of sp³-hybridized carbons (Fsp3) is 1.00. The van der Waals surface area contributed by atoms with Crippen LogP contribution in [-0.2, 0) is 4.74 Å². The van der Waals surface area contributed by atoms with Crippen LogP contribution < -0.4 is 0 Å². The van der Waals surface area contributed by atoms with Crippen LogP contribution in [0.2, 0.25) is 0 Å². The summed E-state index contributed by atoms with van der Waals surface area (Å²) in [5.74, 6) is 0.612. The van der Waals surface area contributed by atoms with E-state index in [1.165, 1.54) is 32.1 Å². The van der Waals surface area contributed by atoms with E-state index in [9.17, 15) is 5.11 Å². The van der Waals surface area contributed by atoms with Gasteiger partial charge in [0.2, 0.25) is 0 Å². The Morgan fingerprint density at radius 1 is 1.20 bits per heavy atom. The van der Waals surface area contributed by atoms with Crippen molar-refractivity contribution >= 4 is 0 Å². The molecule has 0 radical (unpaired) electrons. The third-order valence-corrected chi connectivity index (χ3v) is 4.07. The van der Waals surface area contributed by atoms with Gasteiger partial charge in [-0.25, -0.2) is 0 Å². The van der Waals surface area contributed by atoms with Crippen LogP contribution in [0.3, 0.4) is 0 Å². The molecule has 0 spiro atoms. The maximum atomic E-state index is 10.2. The van der Waals surface area contributed by atoms with E-state index in [1.807, 2.05) is 0 Å². The Balaban J connectivity index is 1.42. The fourth-order valence-electron chi connectivity index (χ4n) is 2.98. The number of β-amino-alcohol motifs (C(OH)–C–C–N with tert-alkyl or cyclic N) is 1. The van der Waals surface area contributed by atoms with E-state index in [0.29, 0.717) is 12.0 Å². The number of rotatable bonds is 3.